The van der Waals surface area contributed by atoms with Crippen LogP contribution in [-0.4, -0.2) is 61.0 Å². The second kappa shape index (κ2) is 8.99. The molecule has 3 rings (SSSR count). The van der Waals surface area contributed by atoms with Crippen molar-refractivity contribution in [1.82, 2.24) is 9.80 Å². The van der Waals surface area contributed by atoms with Gasteiger partial charge in [0, 0.05) is 38.2 Å². The fourth-order valence-electron chi connectivity index (χ4n) is 3.67. The lowest BCUT2D eigenvalue weighted by Crippen LogP contribution is -2.47. The predicted octanol–water partition coefficient (Wildman–Crippen LogP) is 2.58. The quantitative estimate of drug-likeness (QED) is 0.779. The summed E-state index contributed by atoms with van der Waals surface area (Å²) in [5.74, 6) is 0.332. The van der Waals surface area contributed by atoms with Gasteiger partial charge in [-0.1, -0.05) is 37.3 Å². The van der Waals surface area contributed by atoms with Crippen molar-refractivity contribution in [3.05, 3.63) is 42.0 Å². The zero-order valence-corrected chi connectivity index (χ0v) is 15.5. The normalized spacial score (nSPS) is 19.5. The van der Waals surface area contributed by atoms with Crippen LogP contribution >= 0.6 is 0 Å². The molecule has 0 atom stereocenters. The lowest BCUT2D eigenvalue weighted by atomic mass is 9.94. The Morgan fingerprint density at radius 2 is 1.69 bits per heavy atom. The number of amides is 2. The van der Waals surface area contributed by atoms with E-state index in [2.05, 4.69) is 6.92 Å². The van der Waals surface area contributed by atoms with Gasteiger partial charge in [0.15, 0.2) is 0 Å². The van der Waals surface area contributed by atoms with Gasteiger partial charge in [0.25, 0.3) is 0 Å². The SMILES string of the molecule is CC/C(=C\C(=O)N1CCC(C(=O)N2CCOCC2)CC1)c1ccccc1. The Morgan fingerprint density at radius 1 is 1.04 bits per heavy atom. The minimum atomic E-state index is 0.0425. The first kappa shape index (κ1) is 18.6. The van der Waals surface area contributed by atoms with Gasteiger partial charge in [0.2, 0.25) is 11.8 Å². The van der Waals surface area contributed by atoms with E-state index in [1.54, 1.807) is 6.08 Å². The number of hydrogen-bond donors (Lipinski definition) is 0. The Labute approximate surface area is 155 Å². The van der Waals surface area contributed by atoms with Crippen molar-refractivity contribution in [3.63, 3.8) is 0 Å². The fraction of sp³-hybridized carbons (Fsp3) is 0.524. The van der Waals surface area contributed by atoms with E-state index in [9.17, 15) is 9.59 Å². The van der Waals surface area contributed by atoms with Crippen LogP contribution in [0.1, 0.15) is 31.7 Å². The van der Waals surface area contributed by atoms with Gasteiger partial charge in [-0.05, 0) is 30.4 Å². The molecular formula is C21H28N2O3. The number of likely N-dealkylation sites (tertiary alicyclic amines) is 1. The highest BCUT2D eigenvalue weighted by Crippen LogP contribution is 2.22. The van der Waals surface area contributed by atoms with E-state index < -0.39 is 0 Å². The van der Waals surface area contributed by atoms with Gasteiger partial charge in [0.05, 0.1) is 13.2 Å². The highest BCUT2D eigenvalue weighted by molar-refractivity contribution is 5.95. The number of allylic oxidation sites excluding steroid dienone is 1. The smallest absolute Gasteiger partial charge is 0.246 e. The van der Waals surface area contributed by atoms with Crippen LogP contribution in [0.25, 0.3) is 5.57 Å². The molecule has 0 aromatic heterocycles. The number of hydrogen-bond acceptors (Lipinski definition) is 3. The Bertz CT molecular complexity index is 642. The molecule has 0 radical (unpaired) electrons. The second-order valence-electron chi connectivity index (χ2n) is 6.93. The third-order valence-electron chi connectivity index (χ3n) is 5.30. The van der Waals surface area contributed by atoms with Crippen molar-refractivity contribution in [3.8, 4) is 0 Å². The number of ether oxygens (including phenoxy) is 1. The molecule has 2 aliphatic heterocycles. The van der Waals surface area contributed by atoms with E-state index >= 15 is 0 Å². The second-order valence-corrected chi connectivity index (χ2v) is 6.93. The number of nitrogens with zero attached hydrogens (tertiary/aromatic N) is 2. The maximum Gasteiger partial charge on any atom is 0.246 e. The number of carbonyl (C=O) groups excluding carboxylic acids is 2. The van der Waals surface area contributed by atoms with Crippen LogP contribution in [0, 0.1) is 5.92 Å². The molecule has 0 unspecified atom stereocenters. The maximum absolute atomic E-state index is 12.7. The molecule has 0 aliphatic carbocycles. The zero-order valence-electron chi connectivity index (χ0n) is 15.5. The molecular weight excluding hydrogens is 328 g/mol. The minimum Gasteiger partial charge on any atom is -0.378 e. The van der Waals surface area contributed by atoms with Crippen LogP contribution in [0.2, 0.25) is 0 Å². The molecule has 140 valence electrons. The Balaban J connectivity index is 1.56. The van der Waals surface area contributed by atoms with Crippen molar-refractivity contribution in [2.45, 2.75) is 26.2 Å². The van der Waals surface area contributed by atoms with Gasteiger partial charge in [-0.2, -0.15) is 0 Å². The first-order valence-corrected chi connectivity index (χ1v) is 9.60. The van der Waals surface area contributed by atoms with Crippen LogP contribution in [0.5, 0.6) is 0 Å². The average Bonchev–Trinajstić information content (AvgIpc) is 2.72. The monoisotopic (exact) mass is 356 g/mol. The Hall–Kier alpha value is -2.14. The van der Waals surface area contributed by atoms with Gasteiger partial charge in [-0.15, -0.1) is 0 Å². The molecule has 2 fully saturated rings. The standard InChI is InChI=1S/C21H28N2O3/c1-2-17(18-6-4-3-5-7-18)16-20(24)22-10-8-19(9-11-22)21(25)23-12-14-26-15-13-23/h3-7,16,19H,2,8-15H2,1H3/b17-16+. The van der Waals surface area contributed by atoms with Crippen molar-refractivity contribution in [1.29, 1.82) is 0 Å². The summed E-state index contributed by atoms with van der Waals surface area (Å²) in [6.07, 6.45) is 4.09. The molecule has 5 nitrogen and oxygen atoms in total. The number of piperidine rings is 1. The van der Waals surface area contributed by atoms with E-state index in [0.717, 1.165) is 30.4 Å². The third kappa shape index (κ3) is 4.52. The Morgan fingerprint density at radius 3 is 2.31 bits per heavy atom. The van der Waals surface area contributed by atoms with Crippen molar-refractivity contribution < 1.29 is 14.3 Å². The van der Waals surface area contributed by atoms with Crippen molar-refractivity contribution in [2.75, 3.05) is 39.4 Å². The fourth-order valence-corrected chi connectivity index (χ4v) is 3.67. The molecule has 2 saturated heterocycles. The average molecular weight is 356 g/mol. The molecule has 5 heteroatoms. The summed E-state index contributed by atoms with van der Waals surface area (Å²) in [7, 11) is 0. The molecule has 0 N–H and O–H groups in total. The molecule has 0 saturated carbocycles. The van der Waals surface area contributed by atoms with Crippen LogP contribution < -0.4 is 0 Å². The van der Waals surface area contributed by atoms with E-state index in [0.29, 0.717) is 39.4 Å². The zero-order chi connectivity index (χ0) is 18.4. The molecule has 2 amide bonds. The topological polar surface area (TPSA) is 49.9 Å². The lowest BCUT2D eigenvalue weighted by molar-refractivity contribution is -0.142. The van der Waals surface area contributed by atoms with Crippen molar-refractivity contribution in [2.24, 2.45) is 5.92 Å². The van der Waals surface area contributed by atoms with Crippen LogP contribution in [-0.2, 0) is 14.3 Å². The van der Waals surface area contributed by atoms with Gasteiger partial charge >= 0.3 is 0 Å². The number of morpholine rings is 1. The summed E-state index contributed by atoms with van der Waals surface area (Å²) in [4.78, 5) is 29.0. The summed E-state index contributed by atoms with van der Waals surface area (Å²) < 4.78 is 5.32. The third-order valence-corrected chi connectivity index (χ3v) is 5.30. The molecule has 26 heavy (non-hydrogen) atoms. The molecule has 2 aliphatic rings. The molecule has 1 aromatic rings. The van der Waals surface area contributed by atoms with E-state index in [-0.39, 0.29) is 17.7 Å². The van der Waals surface area contributed by atoms with Crippen LogP contribution in [0.3, 0.4) is 0 Å². The summed E-state index contributed by atoms with van der Waals surface area (Å²) in [5.41, 5.74) is 2.16. The number of rotatable bonds is 4. The molecule has 0 bridgehead atoms. The van der Waals surface area contributed by atoms with Gasteiger partial charge in [-0.3, -0.25) is 9.59 Å². The first-order chi connectivity index (χ1) is 12.7. The van der Waals surface area contributed by atoms with E-state index in [1.165, 1.54) is 0 Å². The van der Waals surface area contributed by atoms with Crippen LogP contribution in [0.4, 0.5) is 0 Å². The highest BCUT2D eigenvalue weighted by atomic mass is 16.5. The summed E-state index contributed by atoms with van der Waals surface area (Å²) in [5, 5.41) is 0. The van der Waals surface area contributed by atoms with E-state index in [4.69, 9.17) is 4.74 Å². The summed E-state index contributed by atoms with van der Waals surface area (Å²) >= 11 is 0. The van der Waals surface area contributed by atoms with Gasteiger partial charge in [0.1, 0.15) is 0 Å². The minimum absolute atomic E-state index is 0.0425. The largest absolute Gasteiger partial charge is 0.378 e. The maximum atomic E-state index is 12.7. The highest BCUT2D eigenvalue weighted by Gasteiger charge is 2.30. The molecule has 0 spiro atoms. The lowest BCUT2D eigenvalue weighted by Gasteiger charge is -2.35. The van der Waals surface area contributed by atoms with Crippen molar-refractivity contribution >= 4 is 17.4 Å². The summed E-state index contributed by atoms with van der Waals surface area (Å²) in [6, 6.07) is 10.0. The predicted molar refractivity (Wildman–Crippen MR) is 101 cm³/mol. The van der Waals surface area contributed by atoms with Crippen LogP contribution in [0.15, 0.2) is 36.4 Å². The molecule has 1 aromatic carbocycles. The first-order valence-electron chi connectivity index (χ1n) is 9.60. The molecule has 2 heterocycles. The van der Waals surface area contributed by atoms with Gasteiger partial charge < -0.3 is 14.5 Å². The summed E-state index contributed by atoms with van der Waals surface area (Å²) in [6.45, 7) is 6.03. The number of carbonyl (C=O) groups is 2. The van der Waals surface area contributed by atoms with Gasteiger partial charge in [-0.25, -0.2) is 0 Å². The Kier molecular flexibility index (Phi) is 6.45. The van der Waals surface area contributed by atoms with E-state index in [1.807, 2.05) is 40.1 Å². The number of benzene rings is 1.